The Bertz CT molecular complexity index is 1480. The van der Waals surface area contributed by atoms with Gasteiger partial charge in [-0.1, -0.05) is 42.1 Å². The lowest BCUT2D eigenvalue weighted by molar-refractivity contribution is -0.138. The molecule has 0 aliphatic carbocycles. The fourth-order valence-corrected chi connectivity index (χ4v) is 5.07. The van der Waals surface area contributed by atoms with E-state index in [0.29, 0.717) is 40.7 Å². The van der Waals surface area contributed by atoms with Gasteiger partial charge in [-0.15, -0.1) is 0 Å². The average molecular weight is 532 g/mol. The number of carbonyl (C=O) groups is 2. The van der Waals surface area contributed by atoms with Gasteiger partial charge in [0, 0.05) is 11.1 Å². The van der Waals surface area contributed by atoms with E-state index in [0.717, 1.165) is 28.1 Å². The Hall–Kier alpha value is -4.04. The van der Waals surface area contributed by atoms with Crippen molar-refractivity contribution in [3.8, 4) is 11.5 Å². The molecule has 4 rings (SSSR count). The van der Waals surface area contributed by atoms with Gasteiger partial charge in [0.25, 0.3) is 5.91 Å². The number of hydrogen-bond acceptors (Lipinski definition) is 7. The quantitative estimate of drug-likeness (QED) is 0.325. The molecule has 0 saturated carbocycles. The Morgan fingerprint density at radius 3 is 2.42 bits per heavy atom. The molecule has 1 N–H and O–H groups in total. The van der Waals surface area contributed by atoms with Crippen molar-refractivity contribution < 1.29 is 28.9 Å². The summed E-state index contributed by atoms with van der Waals surface area (Å²) in [6.45, 7) is 8.35. The van der Waals surface area contributed by atoms with Crippen molar-refractivity contribution in [1.29, 1.82) is 0 Å². The number of nitrogens with zero attached hydrogens (tertiary/aromatic N) is 1. The van der Waals surface area contributed by atoms with E-state index in [1.165, 1.54) is 0 Å². The number of aliphatic hydroxyl groups excluding tert-OH is 1. The highest BCUT2D eigenvalue weighted by Crippen LogP contribution is 2.42. The van der Waals surface area contributed by atoms with Crippen LogP contribution in [0.2, 0.25) is 0 Å². The lowest BCUT2D eigenvalue weighted by Gasteiger charge is -2.13. The van der Waals surface area contributed by atoms with Crippen molar-refractivity contribution in [3.63, 3.8) is 0 Å². The number of aryl methyl sites for hydroxylation is 1. The number of thioether (sulfide) groups is 1. The van der Waals surface area contributed by atoms with E-state index in [9.17, 15) is 14.7 Å². The molecule has 0 spiro atoms. The Balaban J connectivity index is 1.87. The first-order chi connectivity index (χ1) is 18.4. The molecule has 1 aliphatic rings. The molecule has 1 aliphatic heterocycles. The van der Waals surface area contributed by atoms with Crippen molar-refractivity contribution in [3.05, 3.63) is 87.5 Å². The third-order valence-corrected chi connectivity index (χ3v) is 6.85. The first-order valence-corrected chi connectivity index (χ1v) is 13.2. The summed E-state index contributed by atoms with van der Waals surface area (Å²) >= 11 is 1.03. The van der Waals surface area contributed by atoms with Crippen LogP contribution in [0.3, 0.4) is 0 Å². The summed E-state index contributed by atoms with van der Waals surface area (Å²) in [7, 11) is 0. The van der Waals surface area contributed by atoms with Gasteiger partial charge in [-0.3, -0.25) is 4.79 Å². The zero-order valence-corrected chi connectivity index (χ0v) is 22.6. The van der Waals surface area contributed by atoms with Gasteiger partial charge in [0.1, 0.15) is 27.9 Å². The lowest BCUT2D eigenvalue weighted by Crippen LogP contribution is -2.14. The largest absolute Gasteiger partial charge is 0.506 e. The molecule has 0 atom stereocenters. The zero-order chi connectivity index (χ0) is 27.2. The van der Waals surface area contributed by atoms with Gasteiger partial charge >= 0.3 is 5.97 Å². The third-order valence-electron chi connectivity index (χ3n) is 5.83. The van der Waals surface area contributed by atoms with E-state index >= 15 is 0 Å². The molecule has 1 heterocycles. The van der Waals surface area contributed by atoms with Gasteiger partial charge < -0.3 is 19.3 Å². The van der Waals surface area contributed by atoms with Gasteiger partial charge in [0.2, 0.25) is 0 Å². The molecule has 0 unspecified atom stereocenters. The molecule has 1 amide bonds. The molecule has 196 valence electrons. The molecule has 0 saturated heterocycles. The minimum absolute atomic E-state index is 0.0775. The van der Waals surface area contributed by atoms with Gasteiger partial charge in [-0.25, -0.2) is 9.79 Å². The number of carbonyl (C=O) groups excluding carboxylic acids is 2. The van der Waals surface area contributed by atoms with Crippen LogP contribution in [0.1, 0.15) is 42.3 Å². The number of aliphatic imine (C=N–C) groups is 1. The fraction of sp³-hybridized carbons (Fsp3) is 0.233. The van der Waals surface area contributed by atoms with E-state index in [-0.39, 0.29) is 23.0 Å². The minimum atomic E-state index is -0.751. The third kappa shape index (κ3) is 5.60. The van der Waals surface area contributed by atoms with Gasteiger partial charge in [0.15, 0.2) is 0 Å². The first kappa shape index (κ1) is 27.0. The van der Waals surface area contributed by atoms with Crippen LogP contribution in [0.4, 0.5) is 0 Å². The highest BCUT2D eigenvalue weighted by Gasteiger charge is 2.34. The van der Waals surface area contributed by atoms with Crippen LogP contribution in [-0.4, -0.2) is 41.8 Å². The minimum Gasteiger partial charge on any atom is -0.506 e. The summed E-state index contributed by atoms with van der Waals surface area (Å²) in [5, 5.41) is 13.1. The first-order valence-electron chi connectivity index (χ1n) is 12.4. The number of aliphatic hydroxyl groups is 1. The standard InChI is InChI=1S/C30H29NO6S/c1-5-35-20-14-12-19-13-15-24(36-6-2)23(22(19)16-20)17-25-27(32)26(30(34)37-7-3)29(38-25)31-28(33)21-11-9-8-10-18(21)4/h8-17,32H,5-7H2,1-4H3/b25-17-,31-29?. The number of amides is 1. The van der Waals surface area contributed by atoms with Crippen LogP contribution >= 0.6 is 11.8 Å². The molecule has 3 aromatic rings. The second-order valence-corrected chi connectivity index (χ2v) is 9.35. The molecule has 0 radical (unpaired) electrons. The summed E-state index contributed by atoms with van der Waals surface area (Å²) in [4.78, 5) is 30.4. The van der Waals surface area contributed by atoms with Crippen LogP contribution in [0.5, 0.6) is 11.5 Å². The van der Waals surface area contributed by atoms with E-state index in [2.05, 4.69) is 4.99 Å². The van der Waals surface area contributed by atoms with Crippen LogP contribution in [0, 0.1) is 6.92 Å². The molecule has 3 aromatic carbocycles. The molecule has 8 heteroatoms. The fourth-order valence-electron chi connectivity index (χ4n) is 4.08. The monoisotopic (exact) mass is 531 g/mol. The summed E-state index contributed by atoms with van der Waals surface area (Å²) in [6.07, 6.45) is 1.74. The van der Waals surface area contributed by atoms with E-state index < -0.39 is 11.9 Å². The highest BCUT2D eigenvalue weighted by atomic mass is 32.2. The van der Waals surface area contributed by atoms with Crippen molar-refractivity contribution in [1.82, 2.24) is 0 Å². The smallest absolute Gasteiger partial charge is 0.344 e. The van der Waals surface area contributed by atoms with E-state index in [1.807, 2.05) is 63.2 Å². The van der Waals surface area contributed by atoms with Gasteiger partial charge in [-0.05, 0) is 74.4 Å². The Kier molecular flexibility index (Phi) is 8.53. The van der Waals surface area contributed by atoms with Crippen LogP contribution in [-0.2, 0) is 9.53 Å². The maximum Gasteiger partial charge on any atom is 0.344 e. The predicted octanol–water partition coefficient (Wildman–Crippen LogP) is 6.65. The Labute approximate surface area is 225 Å². The highest BCUT2D eigenvalue weighted by molar-refractivity contribution is 8.18. The molecular weight excluding hydrogens is 502 g/mol. The summed E-state index contributed by atoms with van der Waals surface area (Å²) in [6, 6.07) is 16.6. The molecule has 7 nitrogen and oxygen atoms in total. The topological polar surface area (TPSA) is 94.4 Å². The maximum atomic E-state index is 13.0. The molecule has 0 aromatic heterocycles. The Morgan fingerprint density at radius 1 is 0.974 bits per heavy atom. The van der Waals surface area contributed by atoms with Gasteiger partial charge in [0.05, 0.1) is 24.7 Å². The second-order valence-electron chi connectivity index (χ2n) is 8.32. The van der Waals surface area contributed by atoms with Crippen LogP contribution in [0.25, 0.3) is 16.8 Å². The maximum absolute atomic E-state index is 13.0. The second kappa shape index (κ2) is 12.0. The van der Waals surface area contributed by atoms with E-state index in [1.54, 1.807) is 25.1 Å². The van der Waals surface area contributed by atoms with Crippen LogP contribution < -0.4 is 9.47 Å². The summed E-state index contributed by atoms with van der Waals surface area (Å²) < 4.78 is 16.8. The number of ether oxygens (including phenoxy) is 3. The number of rotatable bonds is 8. The van der Waals surface area contributed by atoms with E-state index in [4.69, 9.17) is 14.2 Å². The molecular formula is C30H29NO6S. The predicted molar refractivity (Wildman–Crippen MR) is 151 cm³/mol. The summed E-state index contributed by atoms with van der Waals surface area (Å²) in [5.74, 6) is -0.258. The number of hydrogen-bond donors (Lipinski definition) is 1. The lowest BCUT2D eigenvalue weighted by atomic mass is 10.0. The molecule has 0 bridgehead atoms. The van der Waals surface area contributed by atoms with Gasteiger partial charge in [-0.2, -0.15) is 0 Å². The van der Waals surface area contributed by atoms with Crippen LogP contribution in [0.15, 0.2) is 75.8 Å². The number of benzene rings is 3. The van der Waals surface area contributed by atoms with Crippen molar-refractivity contribution in [2.24, 2.45) is 4.99 Å². The average Bonchev–Trinajstić information content (AvgIpc) is 3.20. The summed E-state index contributed by atoms with van der Waals surface area (Å²) in [5.41, 5.74) is 1.73. The van der Waals surface area contributed by atoms with Crippen molar-refractivity contribution in [2.75, 3.05) is 19.8 Å². The number of esters is 1. The van der Waals surface area contributed by atoms with Crippen molar-refractivity contribution in [2.45, 2.75) is 27.7 Å². The normalized spacial score (nSPS) is 15.4. The number of fused-ring (bicyclic) bond motifs is 1. The SMILES string of the molecule is CCOC(=O)C1=C(O)/C(=C/c2c(OCC)ccc3ccc(OCC)cc23)SC1=NC(=O)c1ccccc1C. The molecule has 38 heavy (non-hydrogen) atoms. The van der Waals surface area contributed by atoms with Crippen molar-refractivity contribution >= 4 is 45.5 Å². The Morgan fingerprint density at radius 2 is 1.71 bits per heavy atom. The molecule has 0 fully saturated rings. The zero-order valence-electron chi connectivity index (χ0n) is 21.7.